The van der Waals surface area contributed by atoms with Gasteiger partial charge in [0.25, 0.3) is 5.91 Å². The Hall–Kier alpha value is -2.98. The average Bonchev–Trinajstić information content (AvgIpc) is 3.24. The zero-order valence-electron chi connectivity index (χ0n) is 19.1. The van der Waals surface area contributed by atoms with Crippen molar-refractivity contribution in [1.29, 1.82) is 0 Å². The van der Waals surface area contributed by atoms with E-state index in [1.807, 2.05) is 31.2 Å². The maximum absolute atomic E-state index is 13.0. The molecule has 0 saturated carbocycles. The number of halogens is 2. The molecule has 0 atom stereocenters. The fourth-order valence-electron chi connectivity index (χ4n) is 3.07. The lowest BCUT2D eigenvalue weighted by Gasteiger charge is -2.22. The number of aryl methyl sites for hydroxylation is 1. The van der Waals surface area contributed by atoms with E-state index in [0.717, 1.165) is 5.56 Å². The molecule has 2 aromatic carbocycles. The van der Waals surface area contributed by atoms with Crippen molar-refractivity contribution in [3.63, 3.8) is 0 Å². The lowest BCUT2D eigenvalue weighted by Crippen LogP contribution is -2.40. The van der Waals surface area contributed by atoms with Gasteiger partial charge in [-0.1, -0.05) is 40.9 Å². The summed E-state index contributed by atoms with van der Waals surface area (Å²) in [5, 5.41) is 8.12. The van der Waals surface area contributed by atoms with Crippen LogP contribution in [0.15, 0.2) is 47.8 Å². The minimum atomic E-state index is -0.440. The highest BCUT2D eigenvalue weighted by atomic mass is 35.5. The fourth-order valence-corrected chi connectivity index (χ4v) is 4.29. The number of nitrogens with one attached hydrogen (secondary N) is 2. The first-order valence-corrected chi connectivity index (χ1v) is 12.2. The molecule has 3 rings (SSSR count). The van der Waals surface area contributed by atoms with Crippen LogP contribution in [-0.2, 0) is 20.7 Å². The number of methoxy groups -OCH3 is 1. The number of hydrogen-bond donors (Lipinski definition) is 2. The van der Waals surface area contributed by atoms with Crippen molar-refractivity contribution in [2.45, 2.75) is 13.3 Å². The number of thiazole rings is 1. The Morgan fingerprint density at radius 2 is 1.80 bits per heavy atom. The van der Waals surface area contributed by atoms with E-state index in [4.69, 9.17) is 27.9 Å². The molecule has 0 bridgehead atoms. The van der Waals surface area contributed by atoms with Crippen molar-refractivity contribution in [1.82, 2.24) is 9.88 Å². The molecule has 3 amide bonds. The van der Waals surface area contributed by atoms with Crippen LogP contribution in [0.2, 0.25) is 10.0 Å². The van der Waals surface area contributed by atoms with E-state index >= 15 is 0 Å². The second-order valence-corrected chi connectivity index (χ2v) is 9.33. The van der Waals surface area contributed by atoms with Gasteiger partial charge in [0.1, 0.15) is 6.54 Å². The van der Waals surface area contributed by atoms with Gasteiger partial charge >= 0.3 is 0 Å². The molecule has 0 unspecified atom stereocenters. The zero-order valence-corrected chi connectivity index (χ0v) is 21.5. The van der Waals surface area contributed by atoms with Crippen LogP contribution >= 0.6 is 34.5 Å². The third-order valence-corrected chi connectivity index (χ3v) is 6.18. The average molecular weight is 535 g/mol. The molecule has 2 N–H and O–H groups in total. The molecule has 0 spiro atoms. The molecule has 1 heterocycles. The number of rotatable bonds is 10. The summed E-state index contributed by atoms with van der Waals surface area (Å²) in [6, 6.07) is 12.0. The standard InChI is InChI=1S/C24H24Cl2N4O4S/c1-15-3-6-17(7-4-15)27-21(31)12-18-14-35-24(28-18)29-22(32)13-30(9-10-34-2)23(33)19-8-5-16(25)11-20(19)26/h3-8,11,14H,9-10,12-13H2,1-2H3,(H,27,31)(H,28,29,32). The lowest BCUT2D eigenvalue weighted by molar-refractivity contribution is -0.117. The monoisotopic (exact) mass is 534 g/mol. The molecular weight excluding hydrogens is 511 g/mol. The van der Waals surface area contributed by atoms with Crippen LogP contribution in [0, 0.1) is 6.92 Å². The quantitative estimate of drug-likeness (QED) is 0.393. The Bertz CT molecular complexity index is 1200. The van der Waals surface area contributed by atoms with Crippen LogP contribution in [0.5, 0.6) is 0 Å². The topological polar surface area (TPSA) is 101 Å². The molecule has 8 nitrogen and oxygen atoms in total. The van der Waals surface area contributed by atoms with Gasteiger partial charge in [-0.2, -0.15) is 0 Å². The molecule has 0 aliphatic carbocycles. The van der Waals surface area contributed by atoms with Gasteiger partial charge in [-0.15, -0.1) is 11.3 Å². The first-order chi connectivity index (χ1) is 16.7. The molecule has 3 aromatic rings. The van der Waals surface area contributed by atoms with E-state index in [0.29, 0.717) is 21.5 Å². The highest BCUT2D eigenvalue weighted by molar-refractivity contribution is 7.13. The number of anilines is 2. The van der Waals surface area contributed by atoms with Crippen molar-refractivity contribution >= 4 is 63.1 Å². The zero-order chi connectivity index (χ0) is 25.4. The molecule has 0 aliphatic rings. The summed E-state index contributed by atoms with van der Waals surface area (Å²) >= 11 is 13.3. The summed E-state index contributed by atoms with van der Waals surface area (Å²) in [4.78, 5) is 43.5. The van der Waals surface area contributed by atoms with E-state index in [1.165, 1.54) is 35.5 Å². The first kappa shape index (κ1) is 26.6. The van der Waals surface area contributed by atoms with Gasteiger partial charge in [0, 0.05) is 29.7 Å². The molecule has 0 radical (unpaired) electrons. The number of aromatic nitrogens is 1. The van der Waals surface area contributed by atoms with Crippen molar-refractivity contribution in [3.8, 4) is 0 Å². The summed E-state index contributed by atoms with van der Waals surface area (Å²) in [5.41, 5.74) is 2.55. The molecule has 0 fully saturated rings. The summed E-state index contributed by atoms with van der Waals surface area (Å²) in [6.45, 7) is 2.16. The predicted molar refractivity (Wildman–Crippen MR) is 138 cm³/mol. The SMILES string of the molecule is COCCN(CC(=O)Nc1nc(CC(=O)Nc2ccc(C)cc2)cs1)C(=O)c1ccc(Cl)cc1Cl. The van der Waals surface area contributed by atoms with Gasteiger partial charge in [-0.05, 0) is 37.3 Å². The second kappa shape index (κ2) is 12.6. The van der Waals surface area contributed by atoms with Crippen molar-refractivity contribution in [3.05, 3.63) is 74.7 Å². The second-order valence-electron chi connectivity index (χ2n) is 7.63. The van der Waals surface area contributed by atoms with E-state index < -0.39 is 11.8 Å². The third kappa shape index (κ3) is 8.03. The Labute approximate surface area is 217 Å². The number of carbonyl (C=O) groups excluding carboxylic acids is 3. The van der Waals surface area contributed by atoms with Crippen molar-refractivity contribution in [2.75, 3.05) is 37.4 Å². The van der Waals surface area contributed by atoms with Crippen LogP contribution in [-0.4, -0.2) is 54.4 Å². The van der Waals surface area contributed by atoms with E-state index in [9.17, 15) is 14.4 Å². The third-order valence-electron chi connectivity index (χ3n) is 4.82. The summed E-state index contributed by atoms with van der Waals surface area (Å²) in [7, 11) is 1.50. The van der Waals surface area contributed by atoms with Crippen molar-refractivity contribution < 1.29 is 19.1 Å². The lowest BCUT2D eigenvalue weighted by atomic mass is 10.2. The highest BCUT2D eigenvalue weighted by Gasteiger charge is 2.22. The predicted octanol–water partition coefficient (Wildman–Crippen LogP) is 4.67. The van der Waals surface area contributed by atoms with Crippen molar-refractivity contribution in [2.24, 2.45) is 0 Å². The maximum atomic E-state index is 13.0. The summed E-state index contributed by atoms with van der Waals surface area (Å²) in [6.07, 6.45) is 0.0633. The van der Waals surface area contributed by atoms with Gasteiger partial charge in [0.15, 0.2) is 5.13 Å². The number of carbonyl (C=O) groups is 3. The Balaban J connectivity index is 1.59. The van der Waals surface area contributed by atoms with E-state index in [-0.39, 0.29) is 42.6 Å². The van der Waals surface area contributed by atoms with Crippen LogP contribution in [0.4, 0.5) is 10.8 Å². The molecular formula is C24H24Cl2N4O4S. The minimum absolute atomic E-state index is 0.0633. The minimum Gasteiger partial charge on any atom is -0.383 e. The van der Waals surface area contributed by atoms with Gasteiger partial charge < -0.3 is 20.3 Å². The Kier molecular flexibility index (Phi) is 9.62. The normalized spacial score (nSPS) is 10.6. The Morgan fingerprint density at radius 1 is 1.06 bits per heavy atom. The number of nitrogens with zero attached hydrogens (tertiary/aromatic N) is 2. The molecule has 0 saturated heterocycles. The van der Waals surface area contributed by atoms with Gasteiger partial charge in [0.2, 0.25) is 11.8 Å². The van der Waals surface area contributed by atoms with Crippen LogP contribution in [0.25, 0.3) is 0 Å². The maximum Gasteiger partial charge on any atom is 0.255 e. The first-order valence-electron chi connectivity index (χ1n) is 10.6. The van der Waals surface area contributed by atoms with Gasteiger partial charge in [-0.25, -0.2) is 4.98 Å². The molecule has 35 heavy (non-hydrogen) atoms. The van der Waals surface area contributed by atoms with Crippen LogP contribution in [0.3, 0.4) is 0 Å². The Morgan fingerprint density at radius 3 is 2.49 bits per heavy atom. The summed E-state index contributed by atoms with van der Waals surface area (Å²) < 4.78 is 5.07. The molecule has 1 aromatic heterocycles. The van der Waals surface area contributed by atoms with E-state index in [2.05, 4.69) is 15.6 Å². The highest BCUT2D eigenvalue weighted by Crippen LogP contribution is 2.23. The number of amides is 3. The fraction of sp³-hybridized carbons (Fsp3) is 0.250. The molecule has 11 heteroatoms. The smallest absolute Gasteiger partial charge is 0.255 e. The number of ether oxygens (including phenoxy) is 1. The van der Waals surface area contributed by atoms with Crippen LogP contribution in [0.1, 0.15) is 21.6 Å². The van der Waals surface area contributed by atoms with Gasteiger partial charge in [0.05, 0.1) is 29.3 Å². The number of hydrogen-bond acceptors (Lipinski definition) is 6. The molecule has 184 valence electrons. The van der Waals surface area contributed by atoms with E-state index in [1.54, 1.807) is 11.4 Å². The van der Waals surface area contributed by atoms with Gasteiger partial charge in [-0.3, -0.25) is 14.4 Å². The number of benzene rings is 2. The largest absolute Gasteiger partial charge is 0.383 e. The molecule has 0 aliphatic heterocycles. The summed E-state index contributed by atoms with van der Waals surface area (Å²) in [5.74, 6) is -1.08. The van der Waals surface area contributed by atoms with Crippen LogP contribution < -0.4 is 10.6 Å².